The first-order valence-corrected chi connectivity index (χ1v) is 11.9. The van der Waals surface area contributed by atoms with Crippen molar-refractivity contribution >= 4 is 36.7 Å². The molecule has 1 aliphatic heterocycles. The van der Waals surface area contributed by atoms with Crippen LogP contribution in [0.1, 0.15) is 25.3 Å². The van der Waals surface area contributed by atoms with Crippen molar-refractivity contribution in [1.82, 2.24) is 10.2 Å². The molecule has 10 heteroatoms. The minimum atomic E-state index is -3.86. The molecule has 28 heavy (non-hydrogen) atoms. The fraction of sp³-hybridized carbons (Fsp3) is 0.500. The Labute approximate surface area is 168 Å². The second kappa shape index (κ2) is 10.6. The Kier molecular flexibility index (Phi) is 8.54. The fourth-order valence-electron chi connectivity index (χ4n) is 3.01. The second-order valence-electron chi connectivity index (χ2n) is 6.35. The number of carbonyl (C=O) groups excluding carboxylic acids is 3. The van der Waals surface area contributed by atoms with Gasteiger partial charge in [-0.3, -0.25) is 18.9 Å². The minimum Gasteiger partial charge on any atom is -0.466 e. The van der Waals surface area contributed by atoms with Crippen LogP contribution < -0.4 is 5.32 Å². The van der Waals surface area contributed by atoms with Gasteiger partial charge in [-0.05, 0) is 25.3 Å². The summed E-state index contributed by atoms with van der Waals surface area (Å²) in [6, 6.07) is 9.27. The number of ether oxygens (including phenoxy) is 1. The molecule has 0 radical (unpaired) electrons. The fourth-order valence-corrected chi connectivity index (χ4v) is 5.83. The molecule has 3 atom stereocenters. The molecule has 0 spiro atoms. The molecule has 2 amide bonds. The highest BCUT2D eigenvalue weighted by molar-refractivity contribution is 8.13. The Hall–Kier alpha value is -1.83. The molecule has 1 aromatic carbocycles. The Morgan fingerprint density at radius 3 is 2.75 bits per heavy atom. The van der Waals surface area contributed by atoms with E-state index in [1.54, 1.807) is 6.92 Å². The molecule has 0 aliphatic carbocycles. The molecule has 0 saturated carbocycles. The van der Waals surface area contributed by atoms with Crippen LogP contribution in [0.5, 0.6) is 0 Å². The lowest BCUT2D eigenvalue weighted by Crippen LogP contribution is -2.49. The monoisotopic (exact) mass is 428 g/mol. The third-order valence-corrected chi connectivity index (χ3v) is 7.61. The number of amides is 2. The number of hydrogen-bond donors (Lipinski definition) is 2. The molecule has 154 valence electrons. The summed E-state index contributed by atoms with van der Waals surface area (Å²) in [5, 5.41) is 2.32. The SMILES string of the molecule is CCOC(=O)CCC(N(C=O)[C@@H]1CSC(=O)N1)P(=O)(O)CCc1ccccc1. The summed E-state index contributed by atoms with van der Waals surface area (Å²) in [6.45, 7) is 1.89. The van der Waals surface area contributed by atoms with Crippen LogP contribution in [-0.4, -0.2) is 57.9 Å². The van der Waals surface area contributed by atoms with Crippen molar-refractivity contribution in [3.63, 3.8) is 0 Å². The summed E-state index contributed by atoms with van der Waals surface area (Å²) in [4.78, 5) is 47.0. The van der Waals surface area contributed by atoms with E-state index < -0.39 is 25.3 Å². The predicted octanol–water partition coefficient (Wildman–Crippen LogP) is 2.41. The normalized spacial score (nSPS) is 19.4. The van der Waals surface area contributed by atoms with Crippen LogP contribution in [0.25, 0.3) is 0 Å². The van der Waals surface area contributed by atoms with E-state index in [0.717, 1.165) is 17.3 Å². The van der Waals surface area contributed by atoms with Gasteiger partial charge in [-0.1, -0.05) is 42.1 Å². The van der Waals surface area contributed by atoms with E-state index >= 15 is 0 Å². The lowest BCUT2D eigenvalue weighted by Gasteiger charge is -2.35. The van der Waals surface area contributed by atoms with Crippen LogP contribution in [0.15, 0.2) is 30.3 Å². The van der Waals surface area contributed by atoms with E-state index in [4.69, 9.17) is 4.74 Å². The maximum atomic E-state index is 13.2. The summed E-state index contributed by atoms with van der Waals surface area (Å²) in [5.74, 6) is -1.29. The highest BCUT2D eigenvalue weighted by Gasteiger charge is 2.40. The van der Waals surface area contributed by atoms with E-state index in [1.807, 2.05) is 30.3 Å². The number of carbonyl (C=O) groups is 3. The van der Waals surface area contributed by atoms with Crippen LogP contribution in [0.2, 0.25) is 0 Å². The predicted molar refractivity (Wildman–Crippen MR) is 107 cm³/mol. The van der Waals surface area contributed by atoms with Crippen LogP contribution in [0.4, 0.5) is 4.79 Å². The third kappa shape index (κ3) is 6.36. The topological polar surface area (TPSA) is 113 Å². The van der Waals surface area contributed by atoms with Gasteiger partial charge in [0.25, 0.3) is 5.24 Å². The van der Waals surface area contributed by atoms with Crippen molar-refractivity contribution in [2.75, 3.05) is 18.5 Å². The summed E-state index contributed by atoms with van der Waals surface area (Å²) in [5.41, 5.74) is 0.906. The van der Waals surface area contributed by atoms with Crippen molar-refractivity contribution in [2.24, 2.45) is 0 Å². The van der Waals surface area contributed by atoms with Crippen LogP contribution in [-0.2, 0) is 25.3 Å². The van der Waals surface area contributed by atoms with Gasteiger partial charge < -0.3 is 19.8 Å². The molecule has 0 bridgehead atoms. The number of esters is 1. The molecular formula is C18H25N2O6PS. The van der Waals surface area contributed by atoms with Crippen molar-refractivity contribution in [1.29, 1.82) is 0 Å². The van der Waals surface area contributed by atoms with Gasteiger partial charge in [0.1, 0.15) is 11.9 Å². The Morgan fingerprint density at radius 2 is 2.18 bits per heavy atom. The molecule has 2 unspecified atom stereocenters. The quantitative estimate of drug-likeness (QED) is 0.316. The van der Waals surface area contributed by atoms with Crippen LogP contribution in [0.3, 0.4) is 0 Å². The van der Waals surface area contributed by atoms with E-state index in [2.05, 4.69) is 5.32 Å². The Bertz CT molecular complexity index is 732. The third-order valence-electron chi connectivity index (χ3n) is 4.42. The lowest BCUT2D eigenvalue weighted by molar-refractivity contribution is -0.143. The number of thioether (sulfide) groups is 1. The zero-order chi connectivity index (χ0) is 20.6. The molecule has 2 N–H and O–H groups in total. The number of hydrogen-bond acceptors (Lipinski definition) is 6. The van der Waals surface area contributed by atoms with Gasteiger partial charge in [0.2, 0.25) is 13.8 Å². The van der Waals surface area contributed by atoms with Gasteiger partial charge >= 0.3 is 5.97 Å². The summed E-state index contributed by atoms with van der Waals surface area (Å²) >= 11 is 1.01. The first kappa shape index (κ1) is 22.5. The first-order chi connectivity index (χ1) is 13.4. The zero-order valence-electron chi connectivity index (χ0n) is 15.7. The molecule has 1 fully saturated rings. The van der Waals surface area contributed by atoms with Gasteiger partial charge in [0.15, 0.2) is 0 Å². The molecule has 8 nitrogen and oxygen atoms in total. The van der Waals surface area contributed by atoms with Gasteiger partial charge in [0.05, 0.1) is 6.61 Å². The molecule has 1 aromatic rings. The number of aryl methyl sites for hydroxylation is 1. The Balaban J connectivity index is 2.16. The Morgan fingerprint density at radius 1 is 1.46 bits per heavy atom. The number of nitrogens with zero attached hydrogens (tertiary/aromatic N) is 1. The molecule has 1 heterocycles. The van der Waals surface area contributed by atoms with Crippen LogP contribution >= 0.6 is 19.1 Å². The standard InChI is InChI=1S/C18H25N2O6PS/c1-2-26-17(22)9-8-16(20(13-21)15-12-28-18(23)19-15)27(24,25)11-10-14-6-4-3-5-7-14/h3-7,13,15-16H,2,8-12H2,1H3,(H,19,23)(H,24,25)/t15-,16?/m1/s1. The van der Waals surface area contributed by atoms with Crippen molar-refractivity contribution in [3.8, 4) is 0 Å². The van der Waals surface area contributed by atoms with Gasteiger partial charge in [-0.2, -0.15) is 0 Å². The second-order valence-corrected chi connectivity index (χ2v) is 9.90. The summed E-state index contributed by atoms with van der Waals surface area (Å²) < 4.78 is 18.1. The number of nitrogens with one attached hydrogen (secondary N) is 1. The number of rotatable bonds is 11. The maximum absolute atomic E-state index is 13.2. The average molecular weight is 428 g/mol. The van der Waals surface area contributed by atoms with E-state index in [9.17, 15) is 23.8 Å². The minimum absolute atomic E-state index is 0.0167. The van der Waals surface area contributed by atoms with Crippen molar-refractivity contribution in [2.45, 2.75) is 38.1 Å². The van der Waals surface area contributed by atoms with E-state index in [1.165, 1.54) is 4.90 Å². The highest BCUT2D eigenvalue weighted by atomic mass is 32.2. The summed E-state index contributed by atoms with van der Waals surface area (Å²) in [7, 11) is -3.86. The van der Waals surface area contributed by atoms with Gasteiger partial charge in [-0.15, -0.1) is 0 Å². The molecule has 2 rings (SSSR count). The molecular weight excluding hydrogens is 403 g/mol. The highest BCUT2D eigenvalue weighted by Crippen LogP contribution is 2.50. The number of benzene rings is 1. The largest absolute Gasteiger partial charge is 0.466 e. The van der Waals surface area contributed by atoms with E-state index in [0.29, 0.717) is 12.8 Å². The van der Waals surface area contributed by atoms with Crippen molar-refractivity contribution < 1.29 is 28.6 Å². The smallest absolute Gasteiger partial charge is 0.305 e. The van der Waals surface area contributed by atoms with Gasteiger partial charge in [-0.25, -0.2) is 0 Å². The molecule has 1 aliphatic rings. The maximum Gasteiger partial charge on any atom is 0.305 e. The lowest BCUT2D eigenvalue weighted by atomic mass is 10.2. The van der Waals surface area contributed by atoms with Crippen LogP contribution in [0, 0.1) is 0 Å². The van der Waals surface area contributed by atoms with Crippen molar-refractivity contribution in [3.05, 3.63) is 35.9 Å². The van der Waals surface area contributed by atoms with Gasteiger partial charge in [0, 0.05) is 18.3 Å². The first-order valence-electron chi connectivity index (χ1n) is 9.04. The zero-order valence-corrected chi connectivity index (χ0v) is 17.4. The molecule has 0 aromatic heterocycles. The summed E-state index contributed by atoms with van der Waals surface area (Å²) in [6.07, 6.45) is 0.00679. The average Bonchev–Trinajstić information content (AvgIpc) is 3.10. The van der Waals surface area contributed by atoms with E-state index in [-0.39, 0.29) is 36.6 Å². The molecule has 1 saturated heterocycles.